The third-order valence-electron chi connectivity index (χ3n) is 4.16. The fourth-order valence-corrected chi connectivity index (χ4v) is 5.73. The van der Waals surface area contributed by atoms with E-state index in [-0.39, 0.29) is 0 Å². The number of nitrogens with one attached hydrogen (secondary N) is 1. The van der Waals surface area contributed by atoms with Crippen molar-refractivity contribution in [1.29, 1.82) is 0 Å². The maximum Gasteiger partial charge on any atom is 0.252 e. The SMILES string of the molecule is CCNCc1ccc(S(=O)(=O)N2CCCC(CC)CC2)s1. The molecule has 1 unspecified atom stereocenters. The van der Waals surface area contributed by atoms with Gasteiger partial charge in [-0.3, -0.25) is 0 Å². The van der Waals surface area contributed by atoms with Gasteiger partial charge in [-0.25, -0.2) is 8.42 Å². The van der Waals surface area contributed by atoms with E-state index in [1.165, 1.54) is 11.3 Å². The van der Waals surface area contributed by atoms with Gasteiger partial charge in [-0.05, 0) is 43.9 Å². The molecule has 0 aliphatic carbocycles. The standard InChI is InChI=1S/C15H26N2O2S2/c1-3-13-6-5-10-17(11-9-13)21(18,19)15-8-7-14(20-15)12-16-4-2/h7-8,13,16H,3-6,9-12H2,1-2H3. The summed E-state index contributed by atoms with van der Waals surface area (Å²) in [5.41, 5.74) is 0. The van der Waals surface area contributed by atoms with Crippen molar-refractivity contribution in [3.8, 4) is 0 Å². The zero-order valence-corrected chi connectivity index (χ0v) is 14.6. The lowest BCUT2D eigenvalue weighted by molar-refractivity contribution is 0.408. The molecular weight excluding hydrogens is 304 g/mol. The number of rotatable bonds is 6. The van der Waals surface area contributed by atoms with Crippen LogP contribution < -0.4 is 5.32 Å². The summed E-state index contributed by atoms with van der Waals surface area (Å²) in [5.74, 6) is 0.679. The van der Waals surface area contributed by atoms with Crippen LogP contribution in [0, 0.1) is 5.92 Å². The molecule has 0 radical (unpaired) electrons. The van der Waals surface area contributed by atoms with Crippen LogP contribution >= 0.6 is 11.3 Å². The Hall–Kier alpha value is -0.430. The largest absolute Gasteiger partial charge is 0.312 e. The Balaban J connectivity index is 2.08. The van der Waals surface area contributed by atoms with E-state index < -0.39 is 10.0 Å². The van der Waals surface area contributed by atoms with Crippen molar-refractivity contribution in [3.63, 3.8) is 0 Å². The van der Waals surface area contributed by atoms with E-state index in [0.717, 1.165) is 43.6 Å². The topological polar surface area (TPSA) is 49.4 Å². The zero-order valence-electron chi connectivity index (χ0n) is 13.0. The summed E-state index contributed by atoms with van der Waals surface area (Å²) in [7, 11) is -3.30. The molecule has 0 bridgehead atoms. The second-order valence-electron chi connectivity index (χ2n) is 5.61. The van der Waals surface area contributed by atoms with Gasteiger partial charge in [0.2, 0.25) is 0 Å². The molecule has 1 aromatic rings. The summed E-state index contributed by atoms with van der Waals surface area (Å²) in [6, 6.07) is 3.68. The fraction of sp³-hybridized carbons (Fsp3) is 0.733. The third kappa shape index (κ3) is 4.28. The molecule has 4 nitrogen and oxygen atoms in total. The molecule has 1 atom stereocenters. The molecule has 1 saturated heterocycles. The van der Waals surface area contributed by atoms with E-state index in [1.807, 2.05) is 13.0 Å². The molecule has 2 heterocycles. The highest BCUT2D eigenvalue weighted by atomic mass is 32.2. The molecule has 1 N–H and O–H groups in total. The molecule has 0 aromatic carbocycles. The second-order valence-corrected chi connectivity index (χ2v) is 8.94. The number of sulfonamides is 1. The molecule has 1 aromatic heterocycles. The maximum atomic E-state index is 12.7. The van der Waals surface area contributed by atoms with Crippen LogP contribution in [0.5, 0.6) is 0 Å². The highest BCUT2D eigenvalue weighted by Gasteiger charge is 2.28. The first kappa shape index (κ1) is 16.9. The van der Waals surface area contributed by atoms with Gasteiger partial charge in [0.05, 0.1) is 0 Å². The van der Waals surface area contributed by atoms with E-state index in [4.69, 9.17) is 0 Å². The van der Waals surface area contributed by atoms with Gasteiger partial charge in [0, 0.05) is 24.5 Å². The van der Waals surface area contributed by atoms with Crippen LogP contribution in [0.15, 0.2) is 16.3 Å². The van der Waals surface area contributed by atoms with Crippen molar-refractivity contribution < 1.29 is 8.42 Å². The Kier molecular flexibility index (Phi) is 6.22. The molecule has 0 spiro atoms. The molecule has 21 heavy (non-hydrogen) atoms. The molecule has 1 aliphatic rings. The summed E-state index contributed by atoms with van der Waals surface area (Å²) in [6.07, 6.45) is 4.27. The molecule has 120 valence electrons. The average Bonchev–Trinajstić information content (AvgIpc) is 2.82. The molecule has 2 rings (SSSR count). The predicted molar refractivity (Wildman–Crippen MR) is 88.1 cm³/mol. The molecule has 0 amide bonds. The smallest absolute Gasteiger partial charge is 0.252 e. The Bertz CT molecular complexity index is 540. The Morgan fingerprint density at radius 2 is 2.10 bits per heavy atom. The number of nitrogens with zero attached hydrogens (tertiary/aromatic N) is 1. The second kappa shape index (κ2) is 7.72. The normalized spacial score (nSPS) is 21.3. The third-order valence-corrected chi connectivity index (χ3v) is 7.62. The van der Waals surface area contributed by atoms with Crippen molar-refractivity contribution in [1.82, 2.24) is 9.62 Å². The molecule has 0 saturated carbocycles. The molecular formula is C15H26N2O2S2. The van der Waals surface area contributed by atoms with Crippen LogP contribution in [0.1, 0.15) is 44.4 Å². The Labute approximate surface area is 132 Å². The summed E-state index contributed by atoms with van der Waals surface area (Å²) >= 11 is 1.39. The summed E-state index contributed by atoms with van der Waals surface area (Å²) in [4.78, 5) is 1.08. The van der Waals surface area contributed by atoms with Crippen molar-refractivity contribution in [2.24, 2.45) is 5.92 Å². The van der Waals surface area contributed by atoms with Gasteiger partial charge in [0.1, 0.15) is 4.21 Å². The minimum Gasteiger partial charge on any atom is -0.312 e. The molecule has 1 fully saturated rings. The molecule has 6 heteroatoms. The monoisotopic (exact) mass is 330 g/mol. The van der Waals surface area contributed by atoms with Crippen LogP contribution in [-0.4, -0.2) is 32.4 Å². The number of hydrogen-bond donors (Lipinski definition) is 1. The van der Waals surface area contributed by atoms with E-state index in [1.54, 1.807) is 10.4 Å². The lowest BCUT2D eigenvalue weighted by Crippen LogP contribution is -2.31. The van der Waals surface area contributed by atoms with Gasteiger partial charge < -0.3 is 5.32 Å². The van der Waals surface area contributed by atoms with E-state index in [0.29, 0.717) is 23.2 Å². The van der Waals surface area contributed by atoms with Crippen molar-refractivity contribution in [2.45, 2.75) is 50.3 Å². The highest BCUT2D eigenvalue weighted by Crippen LogP contribution is 2.28. The lowest BCUT2D eigenvalue weighted by atomic mass is 9.98. The highest BCUT2D eigenvalue weighted by molar-refractivity contribution is 7.91. The van der Waals surface area contributed by atoms with Crippen LogP contribution in [0.4, 0.5) is 0 Å². The van der Waals surface area contributed by atoms with Crippen molar-refractivity contribution in [3.05, 3.63) is 17.0 Å². The predicted octanol–water partition coefficient (Wildman–Crippen LogP) is 3.06. The van der Waals surface area contributed by atoms with Gasteiger partial charge in [-0.15, -0.1) is 11.3 Å². The summed E-state index contributed by atoms with van der Waals surface area (Å²) in [6.45, 7) is 7.22. The van der Waals surface area contributed by atoms with Gasteiger partial charge in [0.15, 0.2) is 0 Å². The van der Waals surface area contributed by atoms with E-state index in [2.05, 4.69) is 12.2 Å². The van der Waals surface area contributed by atoms with E-state index >= 15 is 0 Å². The molecule has 1 aliphatic heterocycles. The number of thiophene rings is 1. The van der Waals surface area contributed by atoms with Gasteiger partial charge >= 0.3 is 0 Å². The first-order chi connectivity index (χ1) is 10.1. The minimum absolute atomic E-state index is 0.491. The van der Waals surface area contributed by atoms with Crippen molar-refractivity contribution in [2.75, 3.05) is 19.6 Å². The van der Waals surface area contributed by atoms with Crippen LogP contribution in [-0.2, 0) is 16.6 Å². The van der Waals surface area contributed by atoms with Crippen LogP contribution in [0.2, 0.25) is 0 Å². The zero-order chi connectivity index (χ0) is 15.3. The van der Waals surface area contributed by atoms with Crippen molar-refractivity contribution >= 4 is 21.4 Å². The van der Waals surface area contributed by atoms with E-state index in [9.17, 15) is 8.42 Å². The summed E-state index contributed by atoms with van der Waals surface area (Å²) in [5, 5.41) is 3.23. The quantitative estimate of drug-likeness (QED) is 0.872. The first-order valence-electron chi connectivity index (χ1n) is 7.87. The fourth-order valence-electron chi connectivity index (χ4n) is 2.75. The van der Waals surface area contributed by atoms with Gasteiger partial charge in [-0.1, -0.05) is 20.3 Å². The Morgan fingerprint density at radius 1 is 1.29 bits per heavy atom. The van der Waals surface area contributed by atoms with Gasteiger partial charge in [-0.2, -0.15) is 4.31 Å². The summed E-state index contributed by atoms with van der Waals surface area (Å²) < 4.78 is 27.7. The lowest BCUT2D eigenvalue weighted by Gasteiger charge is -2.19. The van der Waals surface area contributed by atoms with Crippen LogP contribution in [0.25, 0.3) is 0 Å². The van der Waals surface area contributed by atoms with Gasteiger partial charge in [0.25, 0.3) is 10.0 Å². The maximum absolute atomic E-state index is 12.7. The first-order valence-corrected chi connectivity index (χ1v) is 10.1. The Morgan fingerprint density at radius 3 is 2.81 bits per heavy atom. The number of hydrogen-bond acceptors (Lipinski definition) is 4. The van der Waals surface area contributed by atoms with Crippen LogP contribution in [0.3, 0.4) is 0 Å². The minimum atomic E-state index is -3.30. The average molecular weight is 331 g/mol.